The molecule has 214 valence electrons. The molecule has 0 aliphatic heterocycles. The number of Topliss-reactive ketones (excluding diaryl/α,β-unsaturated/α-hetero) is 1. The molecule has 1 rings (SSSR count). The first-order chi connectivity index (χ1) is 18.0. The van der Waals surface area contributed by atoms with E-state index < -0.39 is 17.6 Å². The average molecular weight is 537 g/mol. The highest BCUT2D eigenvalue weighted by atomic mass is 16.6. The van der Waals surface area contributed by atoms with Gasteiger partial charge in [0, 0.05) is 39.0 Å². The quantitative estimate of drug-likeness (QED) is 0.131. The van der Waals surface area contributed by atoms with Crippen LogP contribution in [0.3, 0.4) is 0 Å². The molecule has 0 saturated carbocycles. The highest BCUT2D eigenvalue weighted by Crippen LogP contribution is 2.21. The molecule has 0 spiro atoms. The molecule has 1 heterocycles. The summed E-state index contributed by atoms with van der Waals surface area (Å²) >= 11 is 0. The molecule has 0 aromatic carbocycles. The minimum atomic E-state index is -0.615. The van der Waals surface area contributed by atoms with E-state index in [2.05, 4.69) is 36.0 Å². The van der Waals surface area contributed by atoms with Gasteiger partial charge in [0.25, 0.3) is 5.91 Å². The van der Waals surface area contributed by atoms with Crippen LogP contribution in [-0.2, 0) is 14.3 Å². The van der Waals surface area contributed by atoms with Gasteiger partial charge < -0.3 is 30.7 Å². The number of unbranched alkanes of at least 4 members (excludes halogenated alkanes) is 1. The van der Waals surface area contributed by atoms with Crippen molar-refractivity contribution in [3.63, 3.8) is 0 Å². The van der Waals surface area contributed by atoms with Gasteiger partial charge in [-0.3, -0.25) is 14.4 Å². The minimum Gasteiger partial charge on any atom is -0.469 e. The van der Waals surface area contributed by atoms with Crippen molar-refractivity contribution in [2.75, 3.05) is 43.9 Å². The number of hydrogen-bond donors (Lipinski definition) is 4. The van der Waals surface area contributed by atoms with Crippen molar-refractivity contribution in [1.29, 1.82) is 0 Å². The molecule has 0 unspecified atom stereocenters. The molecule has 12 heteroatoms. The lowest BCUT2D eigenvalue weighted by Gasteiger charge is -2.19. The van der Waals surface area contributed by atoms with Gasteiger partial charge in [0.15, 0.2) is 28.8 Å². The van der Waals surface area contributed by atoms with E-state index in [0.29, 0.717) is 32.5 Å². The molecule has 0 fully saturated rings. The second kappa shape index (κ2) is 17.1. The van der Waals surface area contributed by atoms with Crippen LogP contribution >= 0.6 is 0 Å². The van der Waals surface area contributed by atoms with Crippen LogP contribution in [-0.4, -0.2) is 72.6 Å². The summed E-state index contributed by atoms with van der Waals surface area (Å²) in [7, 11) is 1.32. The number of carbonyl (C=O) groups is 4. The fourth-order valence-corrected chi connectivity index (χ4v) is 3.15. The van der Waals surface area contributed by atoms with Crippen LogP contribution in [0.4, 0.5) is 16.4 Å². The van der Waals surface area contributed by atoms with Gasteiger partial charge in [0.05, 0.1) is 7.11 Å². The number of aromatic nitrogens is 2. The Labute approximate surface area is 225 Å². The molecular weight excluding hydrogens is 492 g/mol. The molecule has 12 nitrogen and oxygen atoms in total. The van der Waals surface area contributed by atoms with Gasteiger partial charge in [-0.05, 0) is 46.5 Å². The van der Waals surface area contributed by atoms with Crippen LogP contribution in [0, 0.1) is 0 Å². The monoisotopic (exact) mass is 536 g/mol. The number of methoxy groups -OCH3 is 1. The summed E-state index contributed by atoms with van der Waals surface area (Å²) in [6.45, 7) is 10.9. The van der Waals surface area contributed by atoms with Crippen LogP contribution in [0.5, 0.6) is 0 Å². The summed E-state index contributed by atoms with van der Waals surface area (Å²) < 4.78 is 9.87. The molecule has 0 radical (unpaired) electrons. The zero-order valence-electron chi connectivity index (χ0n) is 23.6. The third kappa shape index (κ3) is 12.7. The van der Waals surface area contributed by atoms with Crippen LogP contribution < -0.4 is 21.3 Å². The summed E-state index contributed by atoms with van der Waals surface area (Å²) in [6, 6.07) is 0. The molecular formula is C26H44N6O6. The van der Waals surface area contributed by atoms with E-state index in [-0.39, 0.29) is 54.2 Å². The molecule has 0 bridgehead atoms. The van der Waals surface area contributed by atoms with Gasteiger partial charge in [-0.25, -0.2) is 14.8 Å². The fourth-order valence-electron chi connectivity index (χ4n) is 3.15. The second-order valence-electron chi connectivity index (χ2n) is 9.72. The summed E-state index contributed by atoms with van der Waals surface area (Å²) in [6.07, 6.45) is 3.08. The molecule has 1 aromatic heterocycles. The number of amides is 2. The average Bonchev–Trinajstić information content (AvgIpc) is 2.86. The number of anilines is 2. The summed E-state index contributed by atoms with van der Waals surface area (Å²) in [5, 5.41) is 11.6. The Morgan fingerprint density at radius 3 is 1.97 bits per heavy atom. The number of alkyl carbamates (subject to hydrolysis) is 1. The van der Waals surface area contributed by atoms with Crippen LogP contribution in [0.15, 0.2) is 0 Å². The SMILES string of the molecule is CCCCNc1nc(C(=O)CCCNC(=O)OC(C)(C)C)c(NCCCC(=O)OC)nc1C(=O)NCCC. The van der Waals surface area contributed by atoms with Crippen LogP contribution in [0.25, 0.3) is 0 Å². The highest BCUT2D eigenvalue weighted by molar-refractivity contribution is 6.02. The number of carbonyl (C=O) groups excluding carboxylic acids is 4. The predicted octanol–water partition coefficient (Wildman–Crippen LogP) is 3.68. The summed E-state index contributed by atoms with van der Waals surface area (Å²) in [4.78, 5) is 58.3. The van der Waals surface area contributed by atoms with Crippen molar-refractivity contribution in [1.82, 2.24) is 20.6 Å². The van der Waals surface area contributed by atoms with Crippen LogP contribution in [0.2, 0.25) is 0 Å². The molecule has 0 atom stereocenters. The van der Waals surface area contributed by atoms with E-state index in [4.69, 9.17) is 4.74 Å². The van der Waals surface area contributed by atoms with Crippen LogP contribution in [0.1, 0.15) is 101 Å². The highest BCUT2D eigenvalue weighted by Gasteiger charge is 2.23. The first-order valence-corrected chi connectivity index (χ1v) is 13.3. The lowest BCUT2D eigenvalue weighted by Crippen LogP contribution is -2.33. The van der Waals surface area contributed by atoms with Crippen molar-refractivity contribution >= 4 is 35.4 Å². The summed E-state index contributed by atoms with van der Waals surface area (Å²) in [5.74, 6) is -0.624. The lowest BCUT2D eigenvalue weighted by atomic mass is 10.1. The zero-order chi connectivity index (χ0) is 28.6. The number of nitrogens with zero attached hydrogens (tertiary/aromatic N) is 2. The molecule has 0 saturated heterocycles. The smallest absolute Gasteiger partial charge is 0.407 e. The lowest BCUT2D eigenvalue weighted by molar-refractivity contribution is -0.140. The Kier molecular flexibility index (Phi) is 14.7. The summed E-state index contributed by atoms with van der Waals surface area (Å²) in [5.41, 5.74) is -0.435. The van der Waals surface area contributed by atoms with Crippen molar-refractivity contribution in [3.8, 4) is 0 Å². The van der Waals surface area contributed by atoms with Crippen molar-refractivity contribution in [2.45, 2.75) is 85.2 Å². The van der Waals surface area contributed by atoms with Gasteiger partial charge in [-0.15, -0.1) is 0 Å². The maximum Gasteiger partial charge on any atom is 0.407 e. The minimum absolute atomic E-state index is 0.0892. The molecule has 0 aliphatic carbocycles. The topological polar surface area (TPSA) is 161 Å². The maximum atomic E-state index is 13.2. The molecule has 38 heavy (non-hydrogen) atoms. The van der Waals surface area contributed by atoms with Crippen molar-refractivity contribution < 1.29 is 28.7 Å². The Bertz CT molecular complexity index is 932. The number of esters is 1. The first-order valence-electron chi connectivity index (χ1n) is 13.3. The standard InChI is InChI=1S/C26H44N6O6/c1-7-9-15-27-23-21(24(35)29-14-8-2)32-22(28-16-11-13-19(34)37-6)20(31-23)18(33)12-10-17-30-25(36)38-26(3,4)5/h7-17H2,1-6H3,(H,27,31)(H,28,32)(H,29,35)(H,30,36). The third-order valence-corrected chi connectivity index (χ3v) is 5.06. The van der Waals surface area contributed by atoms with E-state index in [1.807, 2.05) is 13.8 Å². The van der Waals surface area contributed by atoms with E-state index >= 15 is 0 Å². The Hall–Kier alpha value is -3.44. The van der Waals surface area contributed by atoms with E-state index in [9.17, 15) is 19.2 Å². The number of ketones is 1. The third-order valence-electron chi connectivity index (χ3n) is 5.06. The number of hydrogen-bond acceptors (Lipinski definition) is 10. The van der Waals surface area contributed by atoms with Gasteiger partial charge in [0.2, 0.25) is 0 Å². The second-order valence-corrected chi connectivity index (χ2v) is 9.72. The normalized spacial score (nSPS) is 10.9. The predicted molar refractivity (Wildman–Crippen MR) is 146 cm³/mol. The number of ether oxygens (including phenoxy) is 2. The van der Waals surface area contributed by atoms with Crippen molar-refractivity contribution in [3.05, 3.63) is 11.4 Å². The Morgan fingerprint density at radius 1 is 0.763 bits per heavy atom. The Balaban J connectivity index is 3.11. The fraction of sp³-hybridized carbons (Fsp3) is 0.692. The first kappa shape index (κ1) is 32.6. The molecule has 4 N–H and O–H groups in total. The van der Waals surface area contributed by atoms with Gasteiger partial charge in [0.1, 0.15) is 5.60 Å². The van der Waals surface area contributed by atoms with E-state index in [1.54, 1.807) is 20.8 Å². The molecule has 2 amide bonds. The number of rotatable bonds is 17. The van der Waals surface area contributed by atoms with E-state index in [1.165, 1.54) is 7.11 Å². The molecule has 0 aliphatic rings. The maximum absolute atomic E-state index is 13.2. The Morgan fingerprint density at radius 2 is 1.37 bits per heavy atom. The largest absolute Gasteiger partial charge is 0.469 e. The van der Waals surface area contributed by atoms with Crippen molar-refractivity contribution in [2.24, 2.45) is 0 Å². The van der Waals surface area contributed by atoms with E-state index in [0.717, 1.165) is 19.3 Å². The molecule has 1 aromatic rings. The zero-order valence-corrected chi connectivity index (χ0v) is 23.6. The number of nitrogens with one attached hydrogen (secondary N) is 4. The van der Waals surface area contributed by atoms with Gasteiger partial charge in [-0.1, -0.05) is 20.3 Å². The van der Waals surface area contributed by atoms with Gasteiger partial charge in [-0.2, -0.15) is 0 Å². The van der Waals surface area contributed by atoms with Gasteiger partial charge >= 0.3 is 12.1 Å².